The van der Waals surface area contributed by atoms with E-state index in [-0.39, 0.29) is 11.3 Å². The Morgan fingerprint density at radius 3 is 2.21 bits per heavy atom. The fraction of sp³-hybridized carbons (Fsp3) is 0.500. The molecule has 2 aromatic carbocycles. The molecule has 1 amide bonds. The second-order valence-electron chi connectivity index (χ2n) is 9.40. The van der Waals surface area contributed by atoms with Gasteiger partial charge in [-0.15, -0.1) is 0 Å². The van der Waals surface area contributed by atoms with Crippen LogP contribution in [-0.4, -0.2) is 23.0 Å². The number of carbonyl (C=O) groups excluding carboxylic acids is 1. The van der Waals surface area contributed by atoms with Gasteiger partial charge in [0.25, 0.3) is 0 Å². The molecule has 4 heteroatoms. The lowest BCUT2D eigenvalue weighted by Crippen LogP contribution is -2.56. The first-order valence-corrected chi connectivity index (χ1v) is 10.5. The molecule has 0 aromatic heterocycles. The fourth-order valence-electron chi connectivity index (χ4n) is 6.59. The van der Waals surface area contributed by atoms with E-state index in [1.807, 2.05) is 42.5 Å². The molecule has 4 aliphatic rings. The van der Waals surface area contributed by atoms with Crippen LogP contribution in [0, 0.1) is 23.2 Å². The Morgan fingerprint density at radius 2 is 1.57 bits per heavy atom. The van der Waals surface area contributed by atoms with Crippen LogP contribution in [0.4, 0.5) is 0 Å². The molecule has 1 atom stereocenters. The van der Waals surface area contributed by atoms with Crippen LogP contribution in [0.5, 0.6) is 0 Å². The maximum Gasteiger partial charge on any atom is 0.326 e. The number of aliphatic carboxylic acids is 1. The fourth-order valence-corrected chi connectivity index (χ4v) is 6.59. The number of benzene rings is 2. The number of rotatable bonds is 5. The van der Waals surface area contributed by atoms with Gasteiger partial charge >= 0.3 is 5.97 Å². The zero-order valence-electron chi connectivity index (χ0n) is 16.1. The van der Waals surface area contributed by atoms with Gasteiger partial charge in [-0.1, -0.05) is 42.5 Å². The summed E-state index contributed by atoms with van der Waals surface area (Å²) in [5.41, 5.74) is 0.651. The van der Waals surface area contributed by atoms with Gasteiger partial charge < -0.3 is 10.4 Å². The average Bonchev–Trinajstić information content (AvgIpc) is 2.66. The molecule has 0 radical (unpaired) electrons. The molecule has 2 N–H and O–H groups in total. The molecule has 4 fully saturated rings. The van der Waals surface area contributed by atoms with Crippen LogP contribution in [0.1, 0.15) is 44.1 Å². The summed E-state index contributed by atoms with van der Waals surface area (Å²) in [6.07, 6.45) is 6.97. The first-order valence-electron chi connectivity index (χ1n) is 10.5. The SMILES string of the molecule is O=C(O)[C@H](Cc1cccc2ccccc12)NC(=O)C12CC3CC(CC(C3)C1)C2. The van der Waals surface area contributed by atoms with Gasteiger partial charge in [0.15, 0.2) is 0 Å². The molecule has 4 nitrogen and oxygen atoms in total. The monoisotopic (exact) mass is 377 g/mol. The van der Waals surface area contributed by atoms with E-state index in [1.54, 1.807) is 0 Å². The molecule has 0 unspecified atom stereocenters. The Kier molecular flexibility index (Phi) is 4.18. The van der Waals surface area contributed by atoms with Crippen molar-refractivity contribution in [3.63, 3.8) is 0 Å². The summed E-state index contributed by atoms with van der Waals surface area (Å²) in [4.78, 5) is 25.3. The molecule has 0 spiro atoms. The molecular weight excluding hydrogens is 350 g/mol. The number of hydrogen-bond acceptors (Lipinski definition) is 2. The Bertz CT molecular complexity index is 894. The number of carboxylic acids is 1. The van der Waals surface area contributed by atoms with Gasteiger partial charge in [0.05, 0.1) is 0 Å². The molecule has 4 bridgehead atoms. The van der Waals surface area contributed by atoms with Gasteiger partial charge in [-0.2, -0.15) is 0 Å². The van der Waals surface area contributed by atoms with Crippen molar-refractivity contribution in [3.8, 4) is 0 Å². The smallest absolute Gasteiger partial charge is 0.326 e. The Morgan fingerprint density at radius 1 is 0.964 bits per heavy atom. The third-order valence-corrected chi connectivity index (χ3v) is 7.43. The topological polar surface area (TPSA) is 66.4 Å². The predicted octanol–water partition coefficient (Wildman–Crippen LogP) is 4.17. The molecule has 4 saturated carbocycles. The second kappa shape index (κ2) is 6.61. The van der Waals surface area contributed by atoms with Crippen molar-refractivity contribution in [1.82, 2.24) is 5.32 Å². The van der Waals surface area contributed by atoms with Gasteiger partial charge in [0.1, 0.15) is 6.04 Å². The van der Waals surface area contributed by atoms with Crippen LogP contribution < -0.4 is 5.32 Å². The molecule has 4 aliphatic carbocycles. The standard InChI is InChI=1S/C24H27NO3/c26-22(27)21(11-19-6-3-5-18-4-1-2-7-20(18)19)25-23(28)24-12-15-8-16(13-24)10-17(9-15)14-24/h1-7,15-17,21H,8-14H2,(H,25,28)(H,26,27)/t15?,16?,17?,21-,24?/m0/s1. The highest BCUT2D eigenvalue weighted by molar-refractivity contribution is 5.89. The summed E-state index contributed by atoms with van der Waals surface area (Å²) in [5, 5.41) is 14.9. The van der Waals surface area contributed by atoms with Gasteiger partial charge in [-0.3, -0.25) is 4.79 Å². The molecular formula is C24H27NO3. The van der Waals surface area contributed by atoms with E-state index in [0.717, 1.165) is 35.6 Å². The number of nitrogens with one attached hydrogen (secondary N) is 1. The molecule has 0 heterocycles. The van der Waals surface area contributed by atoms with Crippen LogP contribution in [0.25, 0.3) is 10.8 Å². The summed E-state index contributed by atoms with van der Waals surface area (Å²) >= 11 is 0. The Labute approximate surface area is 165 Å². The molecule has 28 heavy (non-hydrogen) atoms. The molecule has 0 aliphatic heterocycles. The van der Waals surface area contributed by atoms with E-state index in [9.17, 15) is 14.7 Å². The Balaban J connectivity index is 1.37. The normalized spacial score (nSPS) is 31.6. The van der Waals surface area contributed by atoms with Gasteiger partial charge in [-0.25, -0.2) is 4.79 Å². The van der Waals surface area contributed by atoms with E-state index in [2.05, 4.69) is 5.32 Å². The zero-order chi connectivity index (χ0) is 19.3. The van der Waals surface area contributed by atoms with Gasteiger partial charge in [0, 0.05) is 11.8 Å². The number of fused-ring (bicyclic) bond motifs is 1. The number of hydrogen-bond donors (Lipinski definition) is 2. The lowest BCUT2D eigenvalue weighted by molar-refractivity contribution is -0.151. The van der Waals surface area contributed by atoms with Crippen LogP contribution in [-0.2, 0) is 16.0 Å². The largest absolute Gasteiger partial charge is 0.480 e. The number of carbonyl (C=O) groups is 2. The van der Waals surface area contributed by atoms with Crippen molar-refractivity contribution in [1.29, 1.82) is 0 Å². The summed E-state index contributed by atoms with van der Waals surface area (Å²) in [6, 6.07) is 13.1. The van der Waals surface area contributed by atoms with Crippen molar-refractivity contribution >= 4 is 22.6 Å². The van der Waals surface area contributed by atoms with E-state index < -0.39 is 12.0 Å². The van der Waals surface area contributed by atoms with Gasteiger partial charge in [-0.05, 0) is 72.6 Å². The van der Waals surface area contributed by atoms with E-state index in [4.69, 9.17) is 0 Å². The van der Waals surface area contributed by atoms with Crippen LogP contribution in [0.15, 0.2) is 42.5 Å². The highest BCUT2D eigenvalue weighted by Crippen LogP contribution is 2.60. The highest BCUT2D eigenvalue weighted by Gasteiger charge is 2.54. The maximum atomic E-state index is 13.3. The minimum Gasteiger partial charge on any atom is -0.480 e. The quantitative estimate of drug-likeness (QED) is 0.822. The van der Waals surface area contributed by atoms with Crippen molar-refractivity contribution in [2.24, 2.45) is 23.2 Å². The van der Waals surface area contributed by atoms with Crippen molar-refractivity contribution < 1.29 is 14.7 Å². The third kappa shape index (κ3) is 2.99. The van der Waals surface area contributed by atoms with Crippen molar-refractivity contribution in [2.75, 3.05) is 0 Å². The predicted molar refractivity (Wildman–Crippen MR) is 108 cm³/mol. The van der Waals surface area contributed by atoms with E-state index in [1.165, 1.54) is 19.3 Å². The third-order valence-electron chi connectivity index (χ3n) is 7.43. The summed E-state index contributed by atoms with van der Waals surface area (Å²) < 4.78 is 0. The van der Waals surface area contributed by atoms with Gasteiger partial charge in [0.2, 0.25) is 5.91 Å². The van der Waals surface area contributed by atoms with E-state index in [0.29, 0.717) is 24.2 Å². The lowest BCUT2D eigenvalue weighted by atomic mass is 9.49. The second-order valence-corrected chi connectivity index (χ2v) is 9.40. The van der Waals surface area contributed by atoms with Crippen LogP contribution in [0.2, 0.25) is 0 Å². The number of carboxylic acid groups (broad SMARTS) is 1. The first kappa shape index (κ1) is 17.7. The summed E-state index contributed by atoms with van der Waals surface area (Å²) in [6.45, 7) is 0. The number of amides is 1. The summed E-state index contributed by atoms with van der Waals surface area (Å²) in [7, 11) is 0. The summed E-state index contributed by atoms with van der Waals surface area (Å²) in [5.74, 6) is 1.03. The van der Waals surface area contributed by atoms with Crippen molar-refractivity contribution in [2.45, 2.75) is 51.0 Å². The van der Waals surface area contributed by atoms with Crippen LogP contribution >= 0.6 is 0 Å². The lowest BCUT2D eigenvalue weighted by Gasteiger charge is -2.55. The molecule has 146 valence electrons. The average molecular weight is 377 g/mol. The molecule has 2 aromatic rings. The minimum atomic E-state index is -0.953. The van der Waals surface area contributed by atoms with Crippen LogP contribution in [0.3, 0.4) is 0 Å². The molecule has 6 rings (SSSR count). The zero-order valence-corrected chi connectivity index (χ0v) is 16.1. The van der Waals surface area contributed by atoms with E-state index >= 15 is 0 Å². The Hall–Kier alpha value is -2.36. The highest BCUT2D eigenvalue weighted by atomic mass is 16.4. The van der Waals surface area contributed by atoms with Crippen molar-refractivity contribution in [3.05, 3.63) is 48.0 Å². The first-order chi connectivity index (χ1) is 13.5. The molecule has 0 saturated heterocycles. The minimum absolute atomic E-state index is 0.0146. The maximum absolute atomic E-state index is 13.3.